The molecule has 9 heteroatoms. The van der Waals surface area contributed by atoms with Gasteiger partial charge in [-0.15, -0.1) is 0 Å². The van der Waals surface area contributed by atoms with E-state index in [0.717, 1.165) is 0 Å². The highest BCUT2D eigenvalue weighted by Crippen LogP contribution is 2.30. The van der Waals surface area contributed by atoms with Crippen molar-refractivity contribution in [2.45, 2.75) is 11.3 Å². The van der Waals surface area contributed by atoms with Crippen molar-refractivity contribution in [3.63, 3.8) is 0 Å². The second kappa shape index (κ2) is 4.29. The minimum atomic E-state index is -4.47. The Hall–Kier alpha value is -1.30. The molecule has 0 saturated carbocycles. The third-order valence-electron chi connectivity index (χ3n) is 1.64. The topological polar surface area (TPSA) is 96.8 Å². The van der Waals surface area contributed by atoms with Crippen LogP contribution in [0, 0.1) is 11.3 Å². The Kier molecular flexibility index (Phi) is 3.42. The number of nitrogens with two attached hydrogens (primary N) is 1. The van der Waals surface area contributed by atoms with Crippen LogP contribution in [0.15, 0.2) is 11.1 Å². The SMILES string of the molecule is N#Cc1c(Cl)ncc(C(F)F)c1S(N)(=O)=O. The molecule has 0 aliphatic heterocycles. The molecule has 0 amide bonds. The molecule has 16 heavy (non-hydrogen) atoms. The van der Waals surface area contributed by atoms with E-state index >= 15 is 0 Å². The van der Waals surface area contributed by atoms with Crippen LogP contribution < -0.4 is 5.14 Å². The molecule has 1 aromatic rings. The van der Waals surface area contributed by atoms with E-state index in [4.69, 9.17) is 22.0 Å². The minimum absolute atomic E-state index is 0.490. The zero-order chi connectivity index (χ0) is 12.5. The number of pyridine rings is 1. The van der Waals surface area contributed by atoms with E-state index in [0.29, 0.717) is 6.20 Å². The second-order valence-corrected chi connectivity index (χ2v) is 4.52. The third kappa shape index (κ3) is 2.27. The maximum atomic E-state index is 12.5. The van der Waals surface area contributed by atoms with Gasteiger partial charge in [0.25, 0.3) is 6.43 Å². The molecule has 1 heterocycles. The van der Waals surface area contributed by atoms with Gasteiger partial charge < -0.3 is 0 Å². The van der Waals surface area contributed by atoms with Crippen molar-refractivity contribution in [1.29, 1.82) is 5.26 Å². The maximum absolute atomic E-state index is 12.5. The van der Waals surface area contributed by atoms with Crippen molar-refractivity contribution in [2.24, 2.45) is 5.14 Å². The van der Waals surface area contributed by atoms with Gasteiger partial charge in [-0.25, -0.2) is 27.3 Å². The molecule has 1 aromatic heterocycles. The number of rotatable bonds is 2. The first-order chi connectivity index (χ1) is 7.29. The van der Waals surface area contributed by atoms with Crippen LogP contribution in [0.5, 0.6) is 0 Å². The number of halogens is 3. The molecule has 1 rings (SSSR count). The zero-order valence-electron chi connectivity index (χ0n) is 7.49. The molecule has 0 fully saturated rings. The maximum Gasteiger partial charge on any atom is 0.266 e. The summed E-state index contributed by atoms with van der Waals surface area (Å²) < 4.78 is 47.2. The highest BCUT2D eigenvalue weighted by atomic mass is 35.5. The van der Waals surface area contributed by atoms with Crippen LogP contribution in [-0.4, -0.2) is 13.4 Å². The van der Waals surface area contributed by atoms with Gasteiger partial charge in [-0.05, 0) is 0 Å². The third-order valence-corrected chi connectivity index (χ3v) is 2.94. The lowest BCUT2D eigenvalue weighted by atomic mass is 10.2. The smallest absolute Gasteiger partial charge is 0.243 e. The summed E-state index contributed by atoms with van der Waals surface area (Å²) in [4.78, 5) is 2.31. The van der Waals surface area contributed by atoms with E-state index in [1.54, 1.807) is 0 Å². The summed E-state index contributed by atoms with van der Waals surface area (Å²) in [5.74, 6) is 0. The van der Waals surface area contributed by atoms with Crippen LogP contribution >= 0.6 is 11.6 Å². The number of nitrogens with zero attached hydrogens (tertiary/aromatic N) is 2. The van der Waals surface area contributed by atoms with Gasteiger partial charge in [0.15, 0.2) is 0 Å². The largest absolute Gasteiger partial charge is 0.266 e. The average molecular weight is 268 g/mol. The normalized spacial score (nSPS) is 11.5. The number of hydrogen-bond donors (Lipinski definition) is 1. The average Bonchev–Trinajstić information content (AvgIpc) is 2.15. The number of sulfonamides is 1. The van der Waals surface area contributed by atoms with Crippen molar-refractivity contribution in [1.82, 2.24) is 4.98 Å². The molecule has 0 aliphatic rings. The van der Waals surface area contributed by atoms with Gasteiger partial charge in [0, 0.05) is 6.20 Å². The number of alkyl halides is 2. The van der Waals surface area contributed by atoms with Gasteiger partial charge in [-0.2, -0.15) is 5.26 Å². The van der Waals surface area contributed by atoms with Crippen LogP contribution in [0.4, 0.5) is 8.78 Å². The Morgan fingerprint density at radius 2 is 2.12 bits per heavy atom. The van der Waals surface area contributed by atoms with Gasteiger partial charge in [0.05, 0.1) is 5.56 Å². The first-order valence-corrected chi connectivity index (χ1v) is 5.61. The number of primary sulfonamides is 1. The molecule has 0 atom stereocenters. The van der Waals surface area contributed by atoms with Crippen LogP contribution in [0.2, 0.25) is 5.15 Å². The van der Waals surface area contributed by atoms with E-state index in [1.807, 2.05) is 0 Å². The minimum Gasteiger partial charge on any atom is -0.243 e. The number of hydrogen-bond acceptors (Lipinski definition) is 4. The number of nitriles is 1. The lowest BCUT2D eigenvalue weighted by Gasteiger charge is -2.08. The Bertz CT molecular complexity index is 568. The van der Waals surface area contributed by atoms with E-state index in [9.17, 15) is 17.2 Å². The van der Waals surface area contributed by atoms with Crippen LogP contribution in [0.3, 0.4) is 0 Å². The second-order valence-electron chi connectivity index (χ2n) is 2.67. The van der Waals surface area contributed by atoms with Crippen molar-refractivity contribution in [2.75, 3.05) is 0 Å². The molecule has 5 nitrogen and oxygen atoms in total. The fraction of sp³-hybridized carbons (Fsp3) is 0.143. The highest BCUT2D eigenvalue weighted by Gasteiger charge is 2.27. The summed E-state index contributed by atoms with van der Waals surface area (Å²) in [5.41, 5.74) is -1.62. The summed E-state index contributed by atoms with van der Waals surface area (Å²) >= 11 is 5.41. The molecule has 86 valence electrons. The Morgan fingerprint density at radius 1 is 1.56 bits per heavy atom. The molecule has 0 spiro atoms. The summed E-state index contributed by atoms with van der Waals surface area (Å²) in [5, 5.41) is 12.9. The summed E-state index contributed by atoms with van der Waals surface area (Å²) in [6, 6.07) is 1.38. The molecule has 0 aromatic carbocycles. The highest BCUT2D eigenvalue weighted by molar-refractivity contribution is 7.89. The Labute approximate surface area is 94.5 Å². The van der Waals surface area contributed by atoms with Crippen molar-refractivity contribution < 1.29 is 17.2 Å². The fourth-order valence-electron chi connectivity index (χ4n) is 1.05. The predicted octanol–water partition coefficient (Wildman–Crippen LogP) is 1.19. The van der Waals surface area contributed by atoms with Gasteiger partial charge in [0.2, 0.25) is 10.0 Å². The van der Waals surface area contributed by atoms with Gasteiger partial charge in [-0.3, -0.25) is 0 Å². The molecule has 0 saturated heterocycles. The van der Waals surface area contributed by atoms with Gasteiger partial charge in [0.1, 0.15) is 21.7 Å². The molecule has 2 N–H and O–H groups in total. The molecule has 0 aliphatic carbocycles. The van der Waals surface area contributed by atoms with E-state index in [2.05, 4.69) is 4.98 Å². The molecule has 0 unspecified atom stereocenters. The number of aromatic nitrogens is 1. The van der Waals surface area contributed by atoms with Crippen molar-refractivity contribution in [3.8, 4) is 6.07 Å². The lowest BCUT2D eigenvalue weighted by molar-refractivity contribution is 0.147. The fourth-order valence-corrected chi connectivity index (χ4v) is 2.19. The monoisotopic (exact) mass is 267 g/mol. The Morgan fingerprint density at radius 3 is 2.50 bits per heavy atom. The molecule has 0 bridgehead atoms. The first kappa shape index (κ1) is 12.8. The van der Waals surface area contributed by atoms with Gasteiger partial charge >= 0.3 is 0 Å². The quantitative estimate of drug-likeness (QED) is 0.814. The van der Waals surface area contributed by atoms with Crippen LogP contribution in [0.25, 0.3) is 0 Å². The summed E-state index contributed by atoms with van der Waals surface area (Å²) in [6.45, 7) is 0. The van der Waals surface area contributed by atoms with E-state index < -0.39 is 37.6 Å². The zero-order valence-corrected chi connectivity index (χ0v) is 9.06. The van der Waals surface area contributed by atoms with Crippen LogP contribution in [-0.2, 0) is 10.0 Å². The van der Waals surface area contributed by atoms with Crippen molar-refractivity contribution in [3.05, 3.63) is 22.5 Å². The van der Waals surface area contributed by atoms with E-state index in [-0.39, 0.29) is 0 Å². The standard InChI is InChI=1S/C7H4ClF2N3O2S/c8-6-3(1-11)5(16(12,14)15)4(2-13-6)7(9)10/h2,7H,(H2,12,14,15). The molecular weight excluding hydrogens is 264 g/mol. The van der Waals surface area contributed by atoms with Crippen LogP contribution in [0.1, 0.15) is 17.6 Å². The lowest BCUT2D eigenvalue weighted by Crippen LogP contribution is -2.17. The summed E-state index contributed by atoms with van der Waals surface area (Å²) in [6.07, 6.45) is -2.54. The predicted molar refractivity (Wildman–Crippen MR) is 50.3 cm³/mol. The van der Waals surface area contributed by atoms with E-state index in [1.165, 1.54) is 6.07 Å². The Balaban J connectivity index is 3.77. The molecular formula is C7H4ClF2N3O2S. The first-order valence-electron chi connectivity index (χ1n) is 3.68. The molecule has 0 radical (unpaired) electrons. The van der Waals surface area contributed by atoms with Gasteiger partial charge in [-0.1, -0.05) is 11.6 Å². The van der Waals surface area contributed by atoms with Crippen molar-refractivity contribution >= 4 is 21.6 Å². The summed E-state index contributed by atoms with van der Waals surface area (Å²) in [7, 11) is -4.47.